The number of aliphatic imine (C=N–C) groups is 1. The Bertz CT molecular complexity index is 801. The standard InChI is InChI=1S/C20H28ClN5O2.HI/c1-4-16(28-18-8-6-5-7-17(18)21)12-23-20(22-2)26-9-10-27-19(14-26)15-11-24-25(3)13-15;/h5-8,11,13,16,19H,4,9-10,12,14H2,1-3H3,(H,22,23);1H. The molecule has 2 heterocycles. The van der Waals surface area contributed by atoms with Crippen molar-refractivity contribution < 1.29 is 9.47 Å². The fourth-order valence-corrected chi connectivity index (χ4v) is 3.36. The van der Waals surface area contributed by atoms with Crippen LogP contribution in [0.1, 0.15) is 25.0 Å². The van der Waals surface area contributed by atoms with Crippen LogP contribution in [-0.2, 0) is 11.8 Å². The fourth-order valence-electron chi connectivity index (χ4n) is 3.18. The number of halogens is 2. The first kappa shape index (κ1) is 23.8. The average molecular weight is 534 g/mol. The average Bonchev–Trinajstić information content (AvgIpc) is 3.15. The molecule has 2 aromatic rings. The van der Waals surface area contributed by atoms with Crippen LogP contribution in [0.5, 0.6) is 5.75 Å². The van der Waals surface area contributed by atoms with Crippen molar-refractivity contribution in [2.75, 3.05) is 33.3 Å². The largest absolute Gasteiger partial charge is 0.487 e. The van der Waals surface area contributed by atoms with Crippen LogP contribution < -0.4 is 10.1 Å². The SMILES string of the molecule is CCC(CNC(=NC)N1CCOC(c2cnn(C)c2)C1)Oc1ccccc1Cl.I. The number of nitrogens with one attached hydrogen (secondary N) is 1. The number of guanidine groups is 1. The number of aryl methyl sites for hydroxylation is 1. The third kappa shape index (κ3) is 6.48. The monoisotopic (exact) mass is 533 g/mol. The number of rotatable bonds is 6. The fraction of sp³-hybridized carbons (Fsp3) is 0.500. The molecule has 0 bridgehead atoms. The molecule has 2 unspecified atom stereocenters. The van der Waals surface area contributed by atoms with Gasteiger partial charge in [0.15, 0.2) is 5.96 Å². The van der Waals surface area contributed by atoms with Crippen LogP contribution in [0, 0.1) is 0 Å². The molecule has 1 aliphatic heterocycles. The predicted octanol–water partition coefficient (Wildman–Crippen LogP) is 3.50. The minimum atomic E-state index is -0.0117. The zero-order valence-corrected chi connectivity index (χ0v) is 20.1. The van der Waals surface area contributed by atoms with Crippen LogP contribution in [0.15, 0.2) is 41.7 Å². The summed E-state index contributed by atoms with van der Waals surface area (Å²) in [6, 6.07) is 7.54. The molecule has 1 N–H and O–H groups in total. The summed E-state index contributed by atoms with van der Waals surface area (Å²) in [5.41, 5.74) is 1.08. The highest BCUT2D eigenvalue weighted by atomic mass is 127. The first-order valence-electron chi connectivity index (χ1n) is 9.57. The first-order valence-corrected chi connectivity index (χ1v) is 9.95. The number of hydrogen-bond acceptors (Lipinski definition) is 4. The van der Waals surface area contributed by atoms with Gasteiger partial charge in [-0.15, -0.1) is 24.0 Å². The summed E-state index contributed by atoms with van der Waals surface area (Å²) in [7, 11) is 3.71. The van der Waals surface area contributed by atoms with Crippen molar-refractivity contribution in [1.82, 2.24) is 20.0 Å². The van der Waals surface area contributed by atoms with Crippen LogP contribution >= 0.6 is 35.6 Å². The molecule has 0 saturated carbocycles. The van der Waals surface area contributed by atoms with Crippen molar-refractivity contribution >= 4 is 41.5 Å². The van der Waals surface area contributed by atoms with Crippen molar-refractivity contribution in [3.05, 3.63) is 47.2 Å². The van der Waals surface area contributed by atoms with E-state index in [1.54, 1.807) is 11.7 Å². The van der Waals surface area contributed by atoms with Gasteiger partial charge in [-0.2, -0.15) is 5.10 Å². The van der Waals surface area contributed by atoms with E-state index in [0.29, 0.717) is 23.9 Å². The molecule has 1 aromatic carbocycles. The Morgan fingerprint density at radius 1 is 1.45 bits per heavy atom. The Morgan fingerprint density at radius 2 is 2.24 bits per heavy atom. The molecule has 0 radical (unpaired) electrons. The van der Waals surface area contributed by atoms with Crippen LogP contribution in [-0.4, -0.2) is 60.0 Å². The number of hydrogen-bond donors (Lipinski definition) is 1. The molecule has 7 nitrogen and oxygen atoms in total. The van der Waals surface area contributed by atoms with Crippen molar-refractivity contribution in [2.45, 2.75) is 25.6 Å². The van der Waals surface area contributed by atoms with E-state index in [1.165, 1.54) is 0 Å². The Hall–Kier alpha value is -1.52. The van der Waals surface area contributed by atoms with Gasteiger partial charge in [0.2, 0.25) is 0 Å². The molecule has 1 saturated heterocycles. The predicted molar refractivity (Wildman–Crippen MR) is 126 cm³/mol. The van der Waals surface area contributed by atoms with Gasteiger partial charge in [0, 0.05) is 32.4 Å². The van der Waals surface area contributed by atoms with E-state index in [4.69, 9.17) is 21.1 Å². The summed E-state index contributed by atoms with van der Waals surface area (Å²) in [5.74, 6) is 1.55. The van der Waals surface area contributed by atoms with E-state index in [-0.39, 0.29) is 36.2 Å². The normalized spacial score (nSPS) is 18.1. The molecular formula is C20H29ClIN5O2. The molecule has 1 aromatic heterocycles. The van der Waals surface area contributed by atoms with E-state index in [0.717, 1.165) is 31.0 Å². The van der Waals surface area contributed by atoms with Gasteiger partial charge >= 0.3 is 0 Å². The van der Waals surface area contributed by atoms with Gasteiger partial charge < -0.3 is 19.7 Å². The summed E-state index contributed by atoms with van der Waals surface area (Å²) in [5, 5.41) is 8.31. The zero-order chi connectivity index (χ0) is 19.9. The van der Waals surface area contributed by atoms with Gasteiger partial charge in [0.05, 0.1) is 30.9 Å². The summed E-state index contributed by atoms with van der Waals surface area (Å²) < 4.78 is 13.8. The Labute approximate surface area is 194 Å². The second-order valence-corrected chi connectivity index (χ2v) is 7.17. The van der Waals surface area contributed by atoms with Crippen LogP contribution in [0.2, 0.25) is 5.02 Å². The third-order valence-electron chi connectivity index (χ3n) is 4.75. The molecule has 160 valence electrons. The summed E-state index contributed by atoms with van der Waals surface area (Å²) in [4.78, 5) is 6.66. The lowest BCUT2D eigenvalue weighted by Crippen LogP contribution is -2.50. The molecule has 29 heavy (non-hydrogen) atoms. The smallest absolute Gasteiger partial charge is 0.193 e. The molecule has 3 rings (SSSR count). The minimum Gasteiger partial charge on any atom is -0.487 e. The van der Waals surface area contributed by atoms with E-state index in [1.807, 2.05) is 43.7 Å². The number of ether oxygens (including phenoxy) is 2. The molecule has 9 heteroatoms. The molecule has 1 aliphatic rings. The highest BCUT2D eigenvalue weighted by Crippen LogP contribution is 2.25. The van der Waals surface area contributed by atoms with Gasteiger partial charge in [-0.1, -0.05) is 30.7 Å². The summed E-state index contributed by atoms with van der Waals surface area (Å²) in [6.07, 6.45) is 4.69. The van der Waals surface area contributed by atoms with E-state index >= 15 is 0 Å². The number of para-hydroxylation sites is 1. The summed E-state index contributed by atoms with van der Waals surface area (Å²) >= 11 is 6.21. The number of nitrogens with zero attached hydrogens (tertiary/aromatic N) is 4. The van der Waals surface area contributed by atoms with Gasteiger partial charge in [-0.3, -0.25) is 9.67 Å². The molecule has 1 fully saturated rings. The van der Waals surface area contributed by atoms with Crippen molar-refractivity contribution in [3.63, 3.8) is 0 Å². The highest BCUT2D eigenvalue weighted by molar-refractivity contribution is 14.0. The van der Waals surface area contributed by atoms with Crippen LogP contribution in [0.3, 0.4) is 0 Å². The molecular weight excluding hydrogens is 505 g/mol. The number of aromatic nitrogens is 2. The van der Waals surface area contributed by atoms with Gasteiger partial charge in [0.25, 0.3) is 0 Å². The Balaban J connectivity index is 0.00000300. The van der Waals surface area contributed by atoms with Gasteiger partial charge in [0.1, 0.15) is 18.0 Å². The maximum absolute atomic E-state index is 6.21. The third-order valence-corrected chi connectivity index (χ3v) is 5.06. The Kier molecular flexibility index (Phi) is 9.51. The van der Waals surface area contributed by atoms with E-state index in [9.17, 15) is 0 Å². The molecule has 0 amide bonds. The van der Waals surface area contributed by atoms with E-state index < -0.39 is 0 Å². The highest BCUT2D eigenvalue weighted by Gasteiger charge is 2.25. The Morgan fingerprint density at radius 3 is 2.90 bits per heavy atom. The number of morpholine rings is 1. The summed E-state index contributed by atoms with van der Waals surface area (Å²) in [6.45, 7) is 4.90. The second kappa shape index (κ2) is 11.6. The second-order valence-electron chi connectivity index (χ2n) is 6.76. The van der Waals surface area contributed by atoms with Gasteiger partial charge in [-0.25, -0.2) is 0 Å². The van der Waals surface area contributed by atoms with Crippen LogP contribution in [0.4, 0.5) is 0 Å². The van der Waals surface area contributed by atoms with Crippen LogP contribution in [0.25, 0.3) is 0 Å². The van der Waals surface area contributed by atoms with Gasteiger partial charge in [-0.05, 0) is 18.6 Å². The lowest BCUT2D eigenvalue weighted by Gasteiger charge is -2.35. The molecule has 2 atom stereocenters. The molecule has 0 spiro atoms. The van der Waals surface area contributed by atoms with E-state index in [2.05, 4.69) is 27.2 Å². The quantitative estimate of drug-likeness (QED) is 0.350. The minimum absolute atomic E-state index is 0. The first-order chi connectivity index (χ1) is 13.6. The lowest BCUT2D eigenvalue weighted by atomic mass is 10.1. The number of benzene rings is 1. The maximum atomic E-state index is 6.21. The maximum Gasteiger partial charge on any atom is 0.193 e. The van der Waals surface area contributed by atoms with Crippen molar-refractivity contribution in [2.24, 2.45) is 12.0 Å². The topological polar surface area (TPSA) is 63.9 Å². The van der Waals surface area contributed by atoms with Crippen molar-refractivity contribution in [1.29, 1.82) is 0 Å². The lowest BCUT2D eigenvalue weighted by molar-refractivity contribution is -0.00817. The van der Waals surface area contributed by atoms with Crippen molar-refractivity contribution in [3.8, 4) is 5.75 Å². The zero-order valence-electron chi connectivity index (χ0n) is 17.0. The molecule has 0 aliphatic carbocycles.